The predicted molar refractivity (Wildman–Crippen MR) is 113 cm³/mol. The lowest BCUT2D eigenvalue weighted by atomic mass is 9.81. The molecule has 3 N–H and O–H groups in total. The number of carbonyl (C=O) groups is 4. The Hall–Kier alpha value is -2.06. The Balaban J connectivity index is 1.82. The average Bonchev–Trinajstić information content (AvgIpc) is 2.93. The normalized spacial score (nSPS) is 22.3. The molecule has 0 spiro atoms. The van der Waals surface area contributed by atoms with Crippen LogP contribution in [0, 0.1) is 11.8 Å². The second-order valence-electron chi connectivity index (χ2n) is 7.39. The molecule has 0 radical (unpaired) electrons. The Morgan fingerprint density at radius 3 is 2.38 bits per heavy atom. The Bertz CT molecular complexity index is 823. The van der Waals surface area contributed by atoms with E-state index in [0.717, 1.165) is 12.8 Å². The number of halogens is 1. The van der Waals surface area contributed by atoms with E-state index >= 15 is 0 Å². The topological polar surface area (TPSA) is 110 Å². The van der Waals surface area contributed by atoms with Gasteiger partial charge >= 0.3 is 0 Å². The van der Waals surface area contributed by atoms with Crippen molar-refractivity contribution in [3.05, 3.63) is 28.8 Å². The largest absolute Gasteiger partial charge is 0.366 e. The molecule has 29 heavy (non-hydrogen) atoms. The first-order chi connectivity index (χ1) is 13.8. The maximum atomic E-state index is 13.0. The lowest BCUT2D eigenvalue weighted by Gasteiger charge is -2.26. The number of anilines is 1. The number of imide groups is 1. The number of likely N-dealkylation sites (tertiary alicyclic amines) is 1. The monoisotopic (exact) mass is 437 g/mol. The van der Waals surface area contributed by atoms with E-state index < -0.39 is 17.9 Å². The van der Waals surface area contributed by atoms with Gasteiger partial charge < -0.3 is 11.1 Å². The van der Waals surface area contributed by atoms with Gasteiger partial charge in [-0.15, -0.1) is 0 Å². The van der Waals surface area contributed by atoms with Crippen LogP contribution in [0.15, 0.2) is 18.2 Å². The maximum Gasteiger partial charge on any atom is 0.250 e. The van der Waals surface area contributed by atoms with Crippen molar-refractivity contribution in [2.45, 2.75) is 38.1 Å². The highest BCUT2D eigenvalue weighted by Gasteiger charge is 2.51. The molecule has 1 saturated heterocycles. The summed E-state index contributed by atoms with van der Waals surface area (Å²) in [5, 5.41) is 2.85. The highest BCUT2D eigenvalue weighted by Crippen LogP contribution is 2.39. The van der Waals surface area contributed by atoms with Crippen LogP contribution in [-0.2, 0) is 14.4 Å². The second kappa shape index (κ2) is 9.17. The van der Waals surface area contributed by atoms with Crippen LogP contribution in [0.1, 0.15) is 42.5 Å². The summed E-state index contributed by atoms with van der Waals surface area (Å²) < 4.78 is 0. The quantitative estimate of drug-likeness (QED) is 0.637. The van der Waals surface area contributed by atoms with E-state index in [9.17, 15) is 19.2 Å². The minimum Gasteiger partial charge on any atom is -0.366 e. The number of primary amides is 1. The van der Waals surface area contributed by atoms with Crippen LogP contribution in [0.3, 0.4) is 0 Å². The van der Waals surface area contributed by atoms with Crippen molar-refractivity contribution in [1.29, 1.82) is 0 Å². The van der Waals surface area contributed by atoms with Gasteiger partial charge in [0.25, 0.3) is 0 Å². The van der Waals surface area contributed by atoms with Gasteiger partial charge in [0.1, 0.15) is 6.04 Å². The first kappa shape index (κ1) is 21.6. The van der Waals surface area contributed by atoms with E-state index in [1.807, 2.05) is 6.26 Å². The average molecular weight is 438 g/mol. The van der Waals surface area contributed by atoms with Crippen molar-refractivity contribution in [3.8, 4) is 0 Å². The SMILES string of the molecule is CSCCC(C(=O)Nc1ccc(C(N)=O)c(Cl)c1)N1C(=O)C2CCCCC2C1=O. The van der Waals surface area contributed by atoms with Crippen molar-refractivity contribution in [2.24, 2.45) is 17.6 Å². The highest BCUT2D eigenvalue weighted by molar-refractivity contribution is 7.98. The van der Waals surface area contributed by atoms with Crippen LogP contribution in [0.25, 0.3) is 0 Å². The molecule has 156 valence electrons. The maximum absolute atomic E-state index is 13.0. The van der Waals surface area contributed by atoms with Gasteiger partial charge in [-0.1, -0.05) is 24.4 Å². The Labute approximate surface area is 178 Å². The van der Waals surface area contributed by atoms with Gasteiger partial charge in [-0.05, 0) is 49.5 Å². The molecular formula is C20H24ClN3O4S. The van der Waals surface area contributed by atoms with Gasteiger partial charge in [-0.3, -0.25) is 24.1 Å². The predicted octanol–water partition coefficient (Wildman–Crippen LogP) is 2.67. The molecule has 1 heterocycles. The molecule has 7 nitrogen and oxygen atoms in total. The van der Waals surface area contributed by atoms with Gasteiger partial charge in [0.15, 0.2) is 0 Å². The molecular weight excluding hydrogens is 414 g/mol. The summed E-state index contributed by atoms with van der Waals surface area (Å²) >= 11 is 7.60. The van der Waals surface area contributed by atoms with E-state index in [1.54, 1.807) is 11.8 Å². The number of hydrogen-bond acceptors (Lipinski definition) is 5. The number of hydrogen-bond donors (Lipinski definition) is 2. The number of thioether (sulfide) groups is 1. The molecule has 9 heteroatoms. The van der Waals surface area contributed by atoms with E-state index in [-0.39, 0.29) is 34.2 Å². The first-order valence-electron chi connectivity index (χ1n) is 9.61. The number of fused-ring (bicyclic) bond motifs is 1. The fourth-order valence-electron chi connectivity index (χ4n) is 4.12. The summed E-state index contributed by atoms with van der Waals surface area (Å²) in [4.78, 5) is 51.4. The van der Waals surface area contributed by atoms with E-state index in [4.69, 9.17) is 17.3 Å². The number of nitrogens with zero attached hydrogens (tertiary/aromatic N) is 1. The van der Waals surface area contributed by atoms with Crippen molar-refractivity contribution >= 4 is 52.7 Å². The molecule has 0 aromatic heterocycles. The van der Waals surface area contributed by atoms with E-state index in [2.05, 4.69) is 5.32 Å². The van der Waals surface area contributed by atoms with E-state index in [0.29, 0.717) is 30.7 Å². The molecule has 2 fully saturated rings. The molecule has 3 atom stereocenters. The number of rotatable bonds is 7. The van der Waals surface area contributed by atoms with Crippen molar-refractivity contribution in [2.75, 3.05) is 17.3 Å². The molecule has 4 amide bonds. The fraction of sp³-hybridized carbons (Fsp3) is 0.500. The highest BCUT2D eigenvalue weighted by atomic mass is 35.5. The summed E-state index contributed by atoms with van der Waals surface area (Å²) in [6, 6.07) is 3.50. The summed E-state index contributed by atoms with van der Waals surface area (Å²) in [5.74, 6) is -1.54. The Kier molecular flexibility index (Phi) is 6.85. The van der Waals surface area contributed by atoms with Crippen LogP contribution < -0.4 is 11.1 Å². The number of benzene rings is 1. The molecule has 3 unspecified atom stereocenters. The lowest BCUT2D eigenvalue weighted by Crippen LogP contribution is -2.48. The fourth-order valence-corrected chi connectivity index (χ4v) is 4.85. The summed E-state index contributed by atoms with van der Waals surface area (Å²) in [5.41, 5.74) is 5.77. The molecule has 1 aromatic carbocycles. The Morgan fingerprint density at radius 2 is 1.86 bits per heavy atom. The summed E-state index contributed by atoms with van der Waals surface area (Å²) in [6.45, 7) is 0. The summed E-state index contributed by atoms with van der Waals surface area (Å²) in [6.07, 6.45) is 5.54. The van der Waals surface area contributed by atoms with Crippen molar-refractivity contribution in [3.63, 3.8) is 0 Å². The standard InChI is InChI=1S/C20H24ClN3O4S/c1-29-9-8-16(24-19(27)12-4-2-3-5-13(12)20(24)28)18(26)23-11-6-7-14(17(22)25)15(21)10-11/h6-7,10,12-13,16H,2-5,8-9H2,1H3,(H2,22,25)(H,23,26). The van der Waals surface area contributed by atoms with Crippen LogP contribution in [-0.4, -0.2) is 46.6 Å². The molecule has 2 aliphatic rings. The minimum absolute atomic E-state index is 0.121. The van der Waals surface area contributed by atoms with Crippen LogP contribution >= 0.6 is 23.4 Å². The zero-order chi connectivity index (χ0) is 21.1. The van der Waals surface area contributed by atoms with Gasteiger partial charge in [-0.2, -0.15) is 11.8 Å². The van der Waals surface area contributed by atoms with Crippen LogP contribution in [0.4, 0.5) is 5.69 Å². The lowest BCUT2D eigenvalue weighted by molar-refractivity contribution is -0.146. The number of carbonyl (C=O) groups excluding carboxylic acids is 4. The number of amides is 4. The second-order valence-corrected chi connectivity index (χ2v) is 8.78. The Morgan fingerprint density at radius 1 is 1.24 bits per heavy atom. The van der Waals surface area contributed by atoms with Crippen molar-refractivity contribution < 1.29 is 19.2 Å². The first-order valence-corrected chi connectivity index (χ1v) is 11.4. The third-order valence-corrected chi connectivity index (χ3v) is 6.54. The zero-order valence-electron chi connectivity index (χ0n) is 16.2. The zero-order valence-corrected chi connectivity index (χ0v) is 17.7. The smallest absolute Gasteiger partial charge is 0.250 e. The number of nitrogens with two attached hydrogens (primary N) is 1. The third kappa shape index (κ3) is 4.43. The molecule has 1 saturated carbocycles. The molecule has 1 aliphatic heterocycles. The van der Waals surface area contributed by atoms with Gasteiger partial charge in [0.05, 0.1) is 22.4 Å². The van der Waals surface area contributed by atoms with Crippen LogP contribution in [0.2, 0.25) is 5.02 Å². The van der Waals surface area contributed by atoms with Gasteiger partial charge in [0.2, 0.25) is 23.6 Å². The third-order valence-electron chi connectivity index (χ3n) is 5.59. The number of nitrogens with one attached hydrogen (secondary N) is 1. The molecule has 1 aliphatic carbocycles. The molecule has 0 bridgehead atoms. The summed E-state index contributed by atoms with van der Waals surface area (Å²) in [7, 11) is 0. The minimum atomic E-state index is -0.873. The van der Waals surface area contributed by atoms with Crippen molar-refractivity contribution in [1.82, 2.24) is 4.90 Å². The van der Waals surface area contributed by atoms with Gasteiger partial charge in [0, 0.05) is 5.69 Å². The van der Waals surface area contributed by atoms with E-state index in [1.165, 1.54) is 23.1 Å². The van der Waals surface area contributed by atoms with Gasteiger partial charge in [-0.25, -0.2) is 0 Å². The molecule has 3 rings (SSSR count). The van der Waals surface area contributed by atoms with Crippen LogP contribution in [0.5, 0.6) is 0 Å². The molecule has 1 aromatic rings.